The summed E-state index contributed by atoms with van der Waals surface area (Å²) in [4.78, 5) is 12.5. The number of anilines is 2. The molecule has 0 radical (unpaired) electrons. The highest BCUT2D eigenvalue weighted by Gasteiger charge is 2.07. The van der Waals surface area contributed by atoms with Crippen LogP contribution in [-0.2, 0) is 0 Å². The van der Waals surface area contributed by atoms with E-state index in [1.165, 1.54) is 11.5 Å². The third kappa shape index (κ3) is 2.86. The predicted octanol–water partition coefficient (Wildman–Crippen LogP) is 3.39. The van der Waals surface area contributed by atoms with Crippen LogP contribution in [0.4, 0.5) is 10.8 Å². The summed E-state index contributed by atoms with van der Waals surface area (Å²) in [5, 5.41) is 4.55. The van der Waals surface area contributed by atoms with Gasteiger partial charge in [0, 0.05) is 34.6 Å². The second-order valence-corrected chi connectivity index (χ2v) is 4.83. The number of nitrogens with zero attached hydrogens (tertiary/aromatic N) is 4. The minimum Gasteiger partial charge on any atom is -0.330 e. The lowest BCUT2D eigenvalue weighted by molar-refractivity contribution is 1.16. The molecule has 1 N–H and O–H groups in total. The van der Waals surface area contributed by atoms with Crippen LogP contribution >= 0.6 is 23.1 Å². The molecule has 0 aliphatic heterocycles. The second-order valence-electron chi connectivity index (χ2n) is 3.65. The van der Waals surface area contributed by atoms with Gasteiger partial charge in [0.25, 0.3) is 0 Å². The van der Waals surface area contributed by atoms with Crippen molar-refractivity contribution in [3.05, 3.63) is 47.9 Å². The largest absolute Gasteiger partial charge is 0.330 e. The van der Waals surface area contributed by atoms with Crippen molar-refractivity contribution in [1.29, 1.82) is 0 Å². The summed E-state index contributed by atoms with van der Waals surface area (Å²) in [6.07, 6.45) is 4.86. The van der Waals surface area contributed by atoms with Gasteiger partial charge in [0.15, 0.2) is 5.82 Å². The summed E-state index contributed by atoms with van der Waals surface area (Å²) in [7, 11) is 0. The average molecular weight is 290 g/mol. The van der Waals surface area contributed by atoms with E-state index >= 15 is 0 Å². The molecule has 0 aliphatic rings. The number of benzene rings is 1. The molecule has 19 heavy (non-hydrogen) atoms. The summed E-state index contributed by atoms with van der Waals surface area (Å²) in [5.41, 5.74) is 1.56. The Hall–Kier alpha value is -2.05. The molecule has 0 fully saturated rings. The van der Waals surface area contributed by atoms with Crippen molar-refractivity contribution in [3.63, 3.8) is 0 Å². The molecule has 2 aromatic heterocycles. The second kappa shape index (κ2) is 5.29. The van der Waals surface area contributed by atoms with Crippen molar-refractivity contribution in [2.24, 2.45) is 0 Å². The van der Waals surface area contributed by atoms with E-state index < -0.39 is 0 Å². The highest BCUT2D eigenvalue weighted by Crippen LogP contribution is 2.23. The Morgan fingerprint density at radius 2 is 1.95 bits per heavy atom. The normalized spacial score (nSPS) is 10.4. The summed E-state index contributed by atoms with van der Waals surface area (Å²) in [5.74, 6) is 0.564. The summed E-state index contributed by atoms with van der Waals surface area (Å²) < 4.78 is 4.24. The van der Waals surface area contributed by atoms with E-state index in [9.17, 15) is 0 Å². The molecule has 1 aromatic carbocycles. The lowest BCUT2D eigenvalue weighted by Crippen LogP contribution is -1.90. The van der Waals surface area contributed by atoms with E-state index in [0.29, 0.717) is 21.7 Å². The van der Waals surface area contributed by atoms with Crippen LogP contribution in [0.15, 0.2) is 42.9 Å². The highest BCUT2D eigenvalue weighted by atomic mass is 35.5. The Labute approximate surface area is 118 Å². The first kappa shape index (κ1) is 12.0. The first-order valence-corrected chi connectivity index (χ1v) is 6.59. The maximum Gasteiger partial charge on any atom is 0.207 e. The van der Waals surface area contributed by atoms with Crippen molar-refractivity contribution >= 4 is 34.0 Å². The standard InChI is InChI=1S/C12H8ClN5S/c13-8-1-3-9(4-2-8)16-12-17-11(18-19-12)10-7-14-5-6-15-10/h1-7H,(H,16,17,18). The number of nitrogens with one attached hydrogen (secondary N) is 1. The number of rotatable bonds is 3. The fourth-order valence-corrected chi connectivity index (χ4v) is 2.17. The van der Waals surface area contributed by atoms with E-state index in [4.69, 9.17) is 11.6 Å². The molecule has 0 saturated carbocycles. The maximum atomic E-state index is 5.83. The quantitative estimate of drug-likeness (QED) is 0.800. The minimum absolute atomic E-state index is 0.564. The SMILES string of the molecule is Clc1ccc(Nc2nc(-c3cnccn3)ns2)cc1. The van der Waals surface area contributed by atoms with Gasteiger partial charge in [0.2, 0.25) is 5.13 Å². The zero-order valence-corrected chi connectivity index (χ0v) is 11.2. The molecule has 0 saturated heterocycles. The monoisotopic (exact) mass is 289 g/mol. The molecule has 3 aromatic rings. The average Bonchev–Trinajstić information content (AvgIpc) is 2.91. The fourth-order valence-electron chi connectivity index (χ4n) is 1.45. The third-order valence-electron chi connectivity index (χ3n) is 2.31. The van der Waals surface area contributed by atoms with Crippen LogP contribution in [0, 0.1) is 0 Å². The molecule has 0 bridgehead atoms. The van der Waals surface area contributed by atoms with Crippen LogP contribution in [0.1, 0.15) is 0 Å². The Morgan fingerprint density at radius 3 is 2.68 bits per heavy atom. The molecule has 7 heteroatoms. The molecular weight excluding hydrogens is 282 g/mol. The molecule has 0 atom stereocenters. The molecule has 2 heterocycles. The number of halogens is 1. The summed E-state index contributed by atoms with van der Waals surface area (Å²) in [6.45, 7) is 0. The molecular formula is C12H8ClN5S. The van der Waals surface area contributed by atoms with Crippen molar-refractivity contribution in [2.75, 3.05) is 5.32 Å². The fraction of sp³-hybridized carbons (Fsp3) is 0. The van der Waals surface area contributed by atoms with Gasteiger partial charge < -0.3 is 5.32 Å². The van der Waals surface area contributed by atoms with E-state index in [2.05, 4.69) is 24.6 Å². The van der Waals surface area contributed by atoms with Gasteiger partial charge in [0.05, 0.1) is 6.20 Å². The number of hydrogen-bond acceptors (Lipinski definition) is 6. The van der Waals surface area contributed by atoms with Crippen molar-refractivity contribution in [2.45, 2.75) is 0 Å². The summed E-state index contributed by atoms with van der Waals surface area (Å²) in [6, 6.07) is 7.39. The van der Waals surface area contributed by atoms with Crippen molar-refractivity contribution in [1.82, 2.24) is 19.3 Å². The van der Waals surface area contributed by atoms with Crippen molar-refractivity contribution in [3.8, 4) is 11.5 Å². The topological polar surface area (TPSA) is 63.6 Å². The molecule has 0 spiro atoms. The van der Waals surface area contributed by atoms with Crippen molar-refractivity contribution < 1.29 is 0 Å². The lowest BCUT2D eigenvalue weighted by atomic mass is 10.3. The van der Waals surface area contributed by atoms with Crippen LogP contribution in [-0.4, -0.2) is 19.3 Å². The van der Waals surface area contributed by atoms with Gasteiger partial charge in [-0.15, -0.1) is 0 Å². The van der Waals surface area contributed by atoms with Gasteiger partial charge >= 0.3 is 0 Å². The van der Waals surface area contributed by atoms with E-state index in [1.807, 2.05) is 24.3 Å². The van der Waals surface area contributed by atoms with Gasteiger partial charge in [-0.25, -0.2) is 4.98 Å². The van der Waals surface area contributed by atoms with E-state index in [-0.39, 0.29) is 0 Å². The van der Waals surface area contributed by atoms with Gasteiger partial charge in [-0.1, -0.05) is 11.6 Å². The maximum absolute atomic E-state index is 5.83. The Kier molecular flexibility index (Phi) is 3.35. The third-order valence-corrected chi connectivity index (χ3v) is 3.20. The van der Waals surface area contributed by atoms with Crippen LogP contribution in [0.25, 0.3) is 11.5 Å². The zero-order chi connectivity index (χ0) is 13.1. The van der Waals surface area contributed by atoms with Crippen LogP contribution in [0.2, 0.25) is 5.02 Å². The van der Waals surface area contributed by atoms with Gasteiger partial charge in [0.1, 0.15) is 5.69 Å². The van der Waals surface area contributed by atoms with E-state index in [0.717, 1.165) is 5.69 Å². The Balaban J connectivity index is 1.80. The van der Waals surface area contributed by atoms with Gasteiger partial charge in [-0.2, -0.15) is 9.36 Å². The molecule has 0 amide bonds. The van der Waals surface area contributed by atoms with E-state index in [1.54, 1.807) is 18.6 Å². The van der Waals surface area contributed by atoms with Crippen LogP contribution in [0.5, 0.6) is 0 Å². The van der Waals surface area contributed by atoms with Crippen LogP contribution < -0.4 is 5.32 Å². The molecule has 94 valence electrons. The molecule has 0 unspecified atom stereocenters. The summed E-state index contributed by atoms with van der Waals surface area (Å²) >= 11 is 7.10. The van der Waals surface area contributed by atoms with Gasteiger partial charge in [-0.05, 0) is 24.3 Å². The zero-order valence-electron chi connectivity index (χ0n) is 9.62. The molecule has 3 rings (SSSR count). The molecule has 5 nitrogen and oxygen atoms in total. The lowest BCUT2D eigenvalue weighted by Gasteiger charge is -2.00. The first-order valence-electron chi connectivity index (χ1n) is 5.44. The van der Waals surface area contributed by atoms with Gasteiger partial charge in [-0.3, -0.25) is 4.98 Å². The predicted molar refractivity (Wildman–Crippen MR) is 75.7 cm³/mol. The molecule has 0 aliphatic carbocycles. The number of hydrogen-bond donors (Lipinski definition) is 1. The smallest absolute Gasteiger partial charge is 0.207 e. The Morgan fingerprint density at radius 1 is 1.11 bits per heavy atom. The van der Waals surface area contributed by atoms with Crippen LogP contribution in [0.3, 0.4) is 0 Å². The minimum atomic E-state index is 0.564. The number of aromatic nitrogens is 4. The Bertz CT molecular complexity index is 668. The first-order chi connectivity index (χ1) is 9.31. The highest BCUT2D eigenvalue weighted by molar-refractivity contribution is 7.09.